The van der Waals surface area contributed by atoms with Gasteiger partial charge in [0.25, 0.3) is 0 Å². The smallest absolute Gasteiger partial charge is 0.192 e. The summed E-state index contributed by atoms with van der Waals surface area (Å²) in [6, 6.07) is 0. The minimum atomic E-state index is -1.76. The molecule has 1 fully saturated rings. The molecule has 1 spiro atoms. The molecule has 0 unspecified atom stereocenters. The summed E-state index contributed by atoms with van der Waals surface area (Å²) in [5.41, 5.74) is 0.651. The highest BCUT2D eigenvalue weighted by Crippen LogP contribution is 2.51. The SMILES string of the molecule is CC(C)=CC/C=C(\C)[C@@]1(O)C=C(OCCO[Si](C)(C)C(C)(C)C)CC[C@]12CO2. The van der Waals surface area contributed by atoms with Crippen LogP contribution in [0.5, 0.6) is 0 Å². The van der Waals surface area contributed by atoms with Crippen LogP contribution in [0.1, 0.15) is 60.8 Å². The second kappa shape index (κ2) is 8.47. The number of aliphatic hydroxyl groups is 1. The molecule has 2 rings (SSSR count). The molecule has 1 saturated heterocycles. The van der Waals surface area contributed by atoms with Gasteiger partial charge in [0, 0.05) is 6.42 Å². The monoisotopic (exact) mass is 408 g/mol. The van der Waals surface area contributed by atoms with Crippen LogP contribution in [0.3, 0.4) is 0 Å². The molecule has 160 valence electrons. The van der Waals surface area contributed by atoms with Gasteiger partial charge in [-0.05, 0) is 63.4 Å². The number of allylic oxidation sites excluding steroid dienone is 4. The van der Waals surface area contributed by atoms with Crippen molar-refractivity contribution in [3.05, 3.63) is 35.1 Å². The van der Waals surface area contributed by atoms with Crippen LogP contribution in [0.2, 0.25) is 18.1 Å². The van der Waals surface area contributed by atoms with Crippen molar-refractivity contribution in [2.24, 2.45) is 0 Å². The summed E-state index contributed by atoms with van der Waals surface area (Å²) >= 11 is 0. The Morgan fingerprint density at radius 3 is 2.39 bits per heavy atom. The fourth-order valence-electron chi connectivity index (χ4n) is 3.30. The molecule has 2 atom stereocenters. The van der Waals surface area contributed by atoms with E-state index in [0.717, 1.165) is 30.6 Å². The van der Waals surface area contributed by atoms with E-state index in [1.165, 1.54) is 5.57 Å². The second-order valence-electron chi connectivity index (χ2n) is 10.0. The van der Waals surface area contributed by atoms with E-state index in [1.54, 1.807) is 0 Å². The minimum Gasteiger partial charge on any atom is -0.496 e. The first-order chi connectivity index (χ1) is 12.8. The van der Waals surface area contributed by atoms with Gasteiger partial charge in [-0.2, -0.15) is 0 Å². The van der Waals surface area contributed by atoms with Gasteiger partial charge in [0.15, 0.2) is 8.32 Å². The van der Waals surface area contributed by atoms with Crippen LogP contribution in [-0.2, 0) is 13.9 Å². The zero-order valence-corrected chi connectivity index (χ0v) is 20.1. The lowest BCUT2D eigenvalue weighted by atomic mass is 9.74. The van der Waals surface area contributed by atoms with Gasteiger partial charge in [-0.1, -0.05) is 38.5 Å². The quantitative estimate of drug-likeness (QED) is 0.249. The Bertz CT molecular complexity index is 646. The van der Waals surface area contributed by atoms with E-state index < -0.39 is 19.5 Å². The van der Waals surface area contributed by atoms with Gasteiger partial charge >= 0.3 is 0 Å². The Morgan fingerprint density at radius 2 is 1.86 bits per heavy atom. The summed E-state index contributed by atoms with van der Waals surface area (Å²) in [6.45, 7) is 19.1. The lowest BCUT2D eigenvalue weighted by molar-refractivity contribution is 0.0111. The van der Waals surface area contributed by atoms with Crippen molar-refractivity contribution < 1.29 is 19.0 Å². The standard InChI is InChI=1S/C23H40O4Si/c1-18(2)10-9-11-19(3)23(24)16-20(12-13-22(23)17-26-22)25-14-15-27-28(7,8)21(4,5)6/h10-11,16,24H,9,12-15,17H2,1-8H3/b19-11+/t22-,23-/m0/s1. The average molecular weight is 409 g/mol. The summed E-state index contributed by atoms with van der Waals surface area (Å²) in [4.78, 5) is 0. The third-order valence-electron chi connectivity index (χ3n) is 6.52. The fraction of sp³-hybridized carbons (Fsp3) is 0.739. The maximum absolute atomic E-state index is 11.5. The topological polar surface area (TPSA) is 51.2 Å². The lowest BCUT2D eigenvalue weighted by Crippen LogP contribution is -2.47. The van der Waals surface area contributed by atoms with Crippen molar-refractivity contribution in [2.45, 2.75) is 90.1 Å². The van der Waals surface area contributed by atoms with E-state index >= 15 is 0 Å². The van der Waals surface area contributed by atoms with Gasteiger partial charge in [0.2, 0.25) is 0 Å². The van der Waals surface area contributed by atoms with Crippen LogP contribution in [0, 0.1) is 0 Å². The molecule has 0 radical (unpaired) electrons. The van der Waals surface area contributed by atoms with E-state index in [9.17, 15) is 5.11 Å². The van der Waals surface area contributed by atoms with Crippen molar-refractivity contribution in [3.8, 4) is 0 Å². The first kappa shape index (κ1) is 23.4. The normalized spacial score (nSPS) is 28.2. The van der Waals surface area contributed by atoms with E-state index in [4.69, 9.17) is 13.9 Å². The van der Waals surface area contributed by atoms with E-state index in [2.05, 4.69) is 59.9 Å². The summed E-state index contributed by atoms with van der Waals surface area (Å²) in [7, 11) is -1.76. The maximum Gasteiger partial charge on any atom is 0.192 e. The van der Waals surface area contributed by atoms with Gasteiger partial charge in [0.05, 0.1) is 19.0 Å². The first-order valence-electron chi connectivity index (χ1n) is 10.5. The predicted molar refractivity (Wildman–Crippen MR) is 118 cm³/mol. The van der Waals surface area contributed by atoms with Gasteiger partial charge in [-0.25, -0.2) is 0 Å². The molecular weight excluding hydrogens is 368 g/mol. The van der Waals surface area contributed by atoms with Crippen LogP contribution in [0.15, 0.2) is 35.1 Å². The third kappa shape index (κ3) is 5.18. The van der Waals surface area contributed by atoms with E-state index in [0.29, 0.717) is 19.8 Å². The van der Waals surface area contributed by atoms with Crippen molar-refractivity contribution in [3.63, 3.8) is 0 Å². The molecule has 1 aliphatic carbocycles. The summed E-state index contributed by atoms with van der Waals surface area (Å²) < 4.78 is 17.9. The predicted octanol–water partition coefficient (Wildman–Crippen LogP) is 5.51. The van der Waals surface area contributed by atoms with Gasteiger partial charge < -0.3 is 19.0 Å². The molecule has 4 nitrogen and oxygen atoms in total. The highest BCUT2D eigenvalue weighted by atomic mass is 28.4. The largest absolute Gasteiger partial charge is 0.496 e. The second-order valence-corrected chi connectivity index (χ2v) is 14.8. The van der Waals surface area contributed by atoms with Crippen LogP contribution in [0.25, 0.3) is 0 Å². The maximum atomic E-state index is 11.5. The fourth-order valence-corrected chi connectivity index (χ4v) is 4.33. The number of rotatable bonds is 8. The van der Waals surface area contributed by atoms with Crippen LogP contribution >= 0.6 is 0 Å². The molecule has 0 aromatic heterocycles. The molecule has 0 saturated carbocycles. The molecule has 0 bridgehead atoms. The Hall–Kier alpha value is -0.883. The number of epoxide rings is 1. The van der Waals surface area contributed by atoms with Gasteiger partial charge in [0.1, 0.15) is 17.8 Å². The highest BCUT2D eigenvalue weighted by molar-refractivity contribution is 6.74. The molecule has 2 aliphatic rings. The van der Waals surface area contributed by atoms with Crippen molar-refractivity contribution in [2.75, 3.05) is 19.8 Å². The summed E-state index contributed by atoms with van der Waals surface area (Å²) in [5.74, 6) is 0.845. The van der Waals surface area contributed by atoms with Gasteiger partial charge in [-0.15, -0.1) is 0 Å². The molecule has 1 N–H and O–H groups in total. The zero-order valence-electron chi connectivity index (χ0n) is 19.1. The Balaban J connectivity index is 2.01. The molecule has 0 aromatic carbocycles. The molecule has 1 heterocycles. The zero-order chi connectivity index (χ0) is 21.2. The van der Waals surface area contributed by atoms with Crippen LogP contribution in [-0.4, -0.2) is 44.4 Å². The van der Waals surface area contributed by atoms with Crippen LogP contribution < -0.4 is 0 Å². The van der Waals surface area contributed by atoms with Crippen LogP contribution in [0.4, 0.5) is 0 Å². The number of hydrogen-bond donors (Lipinski definition) is 1. The molecule has 5 heteroatoms. The molecular formula is C23H40O4Si. The van der Waals surface area contributed by atoms with Gasteiger partial charge in [-0.3, -0.25) is 0 Å². The summed E-state index contributed by atoms with van der Waals surface area (Å²) in [6.07, 6.45) is 8.53. The van der Waals surface area contributed by atoms with E-state index in [-0.39, 0.29) is 5.04 Å². The van der Waals surface area contributed by atoms with Crippen molar-refractivity contribution in [1.29, 1.82) is 0 Å². The third-order valence-corrected chi connectivity index (χ3v) is 11.1. The van der Waals surface area contributed by atoms with E-state index in [1.807, 2.05) is 13.0 Å². The molecule has 0 aromatic rings. The average Bonchev–Trinajstić information content (AvgIpc) is 3.35. The highest BCUT2D eigenvalue weighted by Gasteiger charge is 2.62. The number of hydrogen-bond acceptors (Lipinski definition) is 4. The molecule has 1 aliphatic heterocycles. The molecule has 28 heavy (non-hydrogen) atoms. The Morgan fingerprint density at radius 1 is 1.21 bits per heavy atom. The van der Waals surface area contributed by atoms with Crippen molar-refractivity contribution >= 4 is 8.32 Å². The lowest BCUT2D eigenvalue weighted by Gasteiger charge is -2.37. The van der Waals surface area contributed by atoms with Crippen molar-refractivity contribution in [1.82, 2.24) is 0 Å². The Labute approximate surface area is 172 Å². The first-order valence-corrected chi connectivity index (χ1v) is 13.4. The Kier molecular flexibility index (Phi) is 7.07. The minimum absolute atomic E-state index is 0.195. The summed E-state index contributed by atoms with van der Waals surface area (Å²) in [5, 5.41) is 11.7. The number of ether oxygens (including phenoxy) is 2. The molecule has 0 amide bonds.